The lowest BCUT2D eigenvalue weighted by atomic mass is 10.1. The summed E-state index contributed by atoms with van der Waals surface area (Å²) in [5, 5.41) is 13.4. The highest BCUT2D eigenvalue weighted by Crippen LogP contribution is 2.39. The number of carbonyl (C=O) groups excluding carboxylic acids is 2. The van der Waals surface area contributed by atoms with E-state index in [1.807, 2.05) is 13.8 Å². The number of rotatable bonds is 11. The molecular weight excluding hydrogens is 416 g/mol. The smallest absolute Gasteiger partial charge is 0.410 e. The first-order valence-corrected chi connectivity index (χ1v) is 14.5. The molecule has 1 aliphatic heterocycles. The SMILES string of the molecule is CCCCOC(=O)NCC(O)C1CC(O[Si](C)(C)C(C)(C)C)CN1C(=O)OCCCC. The molecule has 0 aliphatic carbocycles. The van der Waals surface area contributed by atoms with E-state index in [0.717, 1.165) is 25.7 Å². The summed E-state index contributed by atoms with van der Waals surface area (Å²) in [5.74, 6) is 0. The molecule has 9 heteroatoms. The second-order valence-electron chi connectivity index (χ2n) is 9.86. The Labute approximate surface area is 189 Å². The summed E-state index contributed by atoms with van der Waals surface area (Å²) in [5.41, 5.74) is 0. The van der Waals surface area contributed by atoms with Crippen molar-refractivity contribution in [2.24, 2.45) is 0 Å². The Morgan fingerprint density at radius 1 is 1.13 bits per heavy atom. The van der Waals surface area contributed by atoms with E-state index >= 15 is 0 Å². The molecule has 3 unspecified atom stereocenters. The van der Waals surface area contributed by atoms with Crippen molar-refractivity contribution in [2.45, 2.75) is 103 Å². The van der Waals surface area contributed by atoms with Crippen LogP contribution in [0.3, 0.4) is 0 Å². The van der Waals surface area contributed by atoms with Gasteiger partial charge in [-0.25, -0.2) is 9.59 Å². The first-order valence-electron chi connectivity index (χ1n) is 11.6. The largest absolute Gasteiger partial charge is 0.450 e. The summed E-state index contributed by atoms with van der Waals surface area (Å²) in [6.07, 6.45) is 1.85. The predicted octanol–water partition coefficient (Wildman–Crippen LogP) is 4.28. The van der Waals surface area contributed by atoms with E-state index in [0.29, 0.717) is 26.2 Å². The molecule has 1 saturated heterocycles. The molecule has 182 valence electrons. The van der Waals surface area contributed by atoms with E-state index in [1.165, 1.54) is 0 Å². The number of nitrogens with zero attached hydrogens (tertiary/aromatic N) is 1. The van der Waals surface area contributed by atoms with Crippen LogP contribution in [0.1, 0.15) is 66.7 Å². The Hall–Kier alpha value is -1.32. The van der Waals surface area contributed by atoms with E-state index in [2.05, 4.69) is 39.2 Å². The molecule has 31 heavy (non-hydrogen) atoms. The lowest BCUT2D eigenvalue weighted by molar-refractivity contribution is 0.0497. The lowest BCUT2D eigenvalue weighted by Crippen LogP contribution is -2.47. The van der Waals surface area contributed by atoms with Crippen LogP contribution in [-0.2, 0) is 13.9 Å². The molecule has 3 atom stereocenters. The van der Waals surface area contributed by atoms with Crippen molar-refractivity contribution >= 4 is 20.5 Å². The molecule has 0 aromatic heterocycles. The highest BCUT2D eigenvalue weighted by Gasteiger charge is 2.45. The summed E-state index contributed by atoms with van der Waals surface area (Å²) in [6, 6.07) is -0.486. The lowest BCUT2D eigenvalue weighted by Gasteiger charge is -2.38. The molecule has 8 nitrogen and oxygen atoms in total. The van der Waals surface area contributed by atoms with Gasteiger partial charge >= 0.3 is 12.2 Å². The highest BCUT2D eigenvalue weighted by molar-refractivity contribution is 6.74. The summed E-state index contributed by atoms with van der Waals surface area (Å²) >= 11 is 0. The van der Waals surface area contributed by atoms with Crippen LogP contribution in [-0.4, -0.2) is 75.1 Å². The van der Waals surface area contributed by atoms with Crippen molar-refractivity contribution in [3.63, 3.8) is 0 Å². The number of ether oxygens (including phenoxy) is 2. The van der Waals surface area contributed by atoms with Gasteiger partial charge in [0.2, 0.25) is 0 Å². The number of aliphatic hydroxyl groups is 1. The van der Waals surface area contributed by atoms with Crippen molar-refractivity contribution in [3.05, 3.63) is 0 Å². The maximum Gasteiger partial charge on any atom is 0.410 e. The summed E-state index contributed by atoms with van der Waals surface area (Å²) in [7, 11) is -2.04. The Morgan fingerprint density at radius 2 is 1.71 bits per heavy atom. The normalized spacial score (nSPS) is 20.5. The van der Waals surface area contributed by atoms with E-state index < -0.39 is 32.6 Å². The fourth-order valence-corrected chi connectivity index (χ4v) is 4.51. The van der Waals surface area contributed by atoms with Gasteiger partial charge in [-0.3, -0.25) is 4.90 Å². The molecule has 0 aromatic rings. The molecule has 1 heterocycles. The van der Waals surface area contributed by atoms with Crippen LogP contribution in [0.5, 0.6) is 0 Å². The zero-order valence-corrected chi connectivity index (χ0v) is 21.5. The van der Waals surface area contributed by atoms with Gasteiger partial charge in [0.1, 0.15) is 0 Å². The topological polar surface area (TPSA) is 97.3 Å². The Kier molecular flexibility index (Phi) is 11.3. The second-order valence-corrected chi connectivity index (χ2v) is 14.6. The number of amides is 2. The molecule has 0 aromatic carbocycles. The number of alkyl carbamates (subject to hydrolysis) is 1. The Morgan fingerprint density at radius 3 is 2.26 bits per heavy atom. The number of hydrogen-bond acceptors (Lipinski definition) is 6. The van der Waals surface area contributed by atoms with E-state index in [-0.39, 0.29) is 17.7 Å². The maximum atomic E-state index is 12.7. The van der Waals surface area contributed by atoms with Crippen molar-refractivity contribution in [3.8, 4) is 0 Å². The minimum atomic E-state index is -2.04. The van der Waals surface area contributed by atoms with Gasteiger partial charge in [-0.15, -0.1) is 0 Å². The third kappa shape index (κ3) is 8.98. The molecule has 2 amide bonds. The van der Waals surface area contributed by atoms with Gasteiger partial charge in [-0.2, -0.15) is 0 Å². The first kappa shape index (κ1) is 27.7. The average molecular weight is 461 g/mol. The Balaban J connectivity index is 2.78. The third-order valence-corrected chi connectivity index (χ3v) is 10.7. The van der Waals surface area contributed by atoms with Crippen LogP contribution >= 0.6 is 0 Å². The van der Waals surface area contributed by atoms with Gasteiger partial charge in [0.25, 0.3) is 0 Å². The molecule has 0 radical (unpaired) electrons. The minimum Gasteiger partial charge on any atom is -0.450 e. The average Bonchev–Trinajstić information content (AvgIpc) is 3.09. The van der Waals surface area contributed by atoms with Crippen molar-refractivity contribution in [1.29, 1.82) is 0 Å². The van der Waals surface area contributed by atoms with Gasteiger partial charge in [-0.05, 0) is 37.4 Å². The predicted molar refractivity (Wildman–Crippen MR) is 124 cm³/mol. The molecule has 1 fully saturated rings. The monoisotopic (exact) mass is 460 g/mol. The van der Waals surface area contributed by atoms with E-state index in [4.69, 9.17) is 13.9 Å². The molecule has 2 N–H and O–H groups in total. The van der Waals surface area contributed by atoms with Gasteiger partial charge < -0.3 is 24.3 Å². The zero-order valence-electron chi connectivity index (χ0n) is 20.5. The standard InChI is InChI=1S/C22H44N2O6Si/c1-8-10-12-28-20(26)23-15-19(25)18-14-17(30-31(6,7)22(3,4)5)16-24(18)21(27)29-13-11-9-2/h17-19,25H,8-16H2,1-7H3,(H,23,26). The maximum absolute atomic E-state index is 12.7. The molecule has 0 saturated carbocycles. The van der Waals surface area contributed by atoms with Crippen molar-refractivity contribution < 1.29 is 28.6 Å². The van der Waals surface area contributed by atoms with Crippen molar-refractivity contribution in [1.82, 2.24) is 10.2 Å². The zero-order chi connectivity index (χ0) is 23.7. The van der Waals surface area contributed by atoms with Crippen LogP contribution in [0, 0.1) is 0 Å². The van der Waals surface area contributed by atoms with Gasteiger partial charge in [0, 0.05) is 13.1 Å². The number of nitrogens with one attached hydrogen (secondary N) is 1. The fraction of sp³-hybridized carbons (Fsp3) is 0.909. The van der Waals surface area contributed by atoms with E-state index in [9.17, 15) is 14.7 Å². The highest BCUT2D eigenvalue weighted by atomic mass is 28.4. The molecular formula is C22H44N2O6Si. The molecule has 1 aliphatic rings. The summed E-state index contributed by atoms with van der Waals surface area (Å²) in [4.78, 5) is 26.1. The summed E-state index contributed by atoms with van der Waals surface area (Å²) in [6.45, 7) is 16.0. The number of unbranched alkanes of at least 4 members (excludes halogenated alkanes) is 2. The third-order valence-electron chi connectivity index (χ3n) is 6.16. The number of likely N-dealkylation sites (tertiary alicyclic amines) is 1. The Bertz CT molecular complexity index is 567. The van der Waals surface area contributed by atoms with Crippen molar-refractivity contribution in [2.75, 3.05) is 26.3 Å². The van der Waals surface area contributed by atoms with Gasteiger partial charge in [0.05, 0.1) is 31.5 Å². The van der Waals surface area contributed by atoms with E-state index in [1.54, 1.807) is 4.90 Å². The van der Waals surface area contributed by atoms with Gasteiger partial charge in [-0.1, -0.05) is 47.5 Å². The molecule has 1 rings (SSSR count). The van der Waals surface area contributed by atoms with Crippen LogP contribution in [0.15, 0.2) is 0 Å². The quantitative estimate of drug-likeness (QED) is 0.353. The molecule has 0 spiro atoms. The number of hydrogen-bond donors (Lipinski definition) is 2. The fourth-order valence-electron chi connectivity index (χ4n) is 3.15. The van der Waals surface area contributed by atoms with Gasteiger partial charge in [0.15, 0.2) is 8.32 Å². The van der Waals surface area contributed by atoms with Crippen LogP contribution < -0.4 is 5.32 Å². The molecule has 0 bridgehead atoms. The minimum absolute atomic E-state index is 0.00117. The summed E-state index contributed by atoms with van der Waals surface area (Å²) < 4.78 is 17.0. The number of carbonyl (C=O) groups is 2. The second kappa shape index (κ2) is 12.6. The van der Waals surface area contributed by atoms with Crippen LogP contribution in [0.2, 0.25) is 18.1 Å². The van der Waals surface area contributed by atoms with Crippen LogP contribution in [0.25, 0.3) is 0 Å². The first-order chi connectivity index (χ1) is 14.4. The number of aliphatic hydroxyl groups excluding tert-OH is 1. The van der Waals surface area contributed by atoms with Crippen LogP contribution in [0.4, 0.5) is 9.59 Å².